The van der Waals surface area contributed by atoms with E-state index in [2.05, 4.69) is 145 Å². The Morgan fingerprint density at radius 3 is 2.13 bits per heavy atom. The predicted molar refractivity (Wildman–Crippen MR) is 224 cm³/mol. The van der Waals surface area contributed by atoms with E-state index in [1.807, 2.05) is 16.8 Å². The highest BCUT2D eigenvalue weighted by Crippen LogP contribution is 2.38. The van der Waals surface area contributed by atoms with Gasteiger partial charge in [-0.2, -0.15) is 5.10 Å². The molecule has 6 nitrogen and oxygen atoms in total. The number of methoxy groups -OCH3 is 1. The average molecular weight is 719 g/mol. The molecule has 2 atom stereocenters. The summed E-state index contributed by atoms with van der Waals surface area (Å²) in [6.45, 7) is 18.2. The van der Waals surface area contributed by atoms with Crippen LogP contribution in [-0.2, 0) is 18.3 Å². The number of aryl methyl sites for hydroxylation is 1. The lowest BCUT2D eigenvalue weighted by molar-refractivity contribution is 0.414. The summed E-state index contributed by atoms with van der Waals surface area (Å²) >= 11 is 0. The van der Waals surface area contributed by atoms with Crippen molar-refractivity contribution in [2.24, 2.45) is 11.8 Å². The van der Waals surface area contributed by atoms with Gasteiger partial charge in [0.25, 0.3) is 0 Å². The molecule has 0 aliphatic heterocycles. The summed E-state index contributed by atoms with van der Waals surface area (Å²) < 4.78 is 16.5. The van der Waals surface area contributed by atoms with Gasteiger partial charge in [-0.3, -0.25) is 4.57 Å². The maximum Gasteiger partial charge on any atom is 0.141 e. The molecule has 0 fully saturated rings. The Labute approximate surface area is 320 Å². The SMILES string of the molecule is CCC(C)Cc1cc(C)cc(CC(C)CC)c1-c1cnn(-c2cc(Oc3ccc4c5ccccc5n(-c5cc(OC)ccn5)c4c3)cc(C(C)(C)C)c2)c1. The van der Waals surface area contributed by atoms with E-state index in [4.69, 9.17) is 19.6 Å². The molecule has 2 unspecified atom stereocenters. The number of nitrogens with zero attached hydrogens (tertiary/aromatic N) is 4. The van der Waals surface area contributed by atoms with E-state index in [9.17, 15) is 0 Å². The van der Waals surface area contributed by atoms with Gasteiger partial charge in [-0.1, -0.05) is 97.2 Å². The van der Waals surface area contributed by atoms with Crippen LogP contribution in [0.5, 0.6) is 17.2 Å². The van der Waals surface area contributed by atoms with Crippen molar-refractivity contribution in [1.82, 2.24) is 19.3 Å². The van der Waals surface area contributed by atoms with Crippen molar-refractivity contribution in [3.63, 3.8) is 0 Å². The van der Waals surface area contributed by atoms with Crippen LogP contribution in [0.2, 0.25) is 0 Å². The molecule has 0 aliphatic rings. The second kappa shape index (κ2) is 15.2. The lowest BCUT2D eigenvalue weighted by Gasteiger charge is -2.21. The molecular weight excluding hydrogens is 665 g/mol. The lowest BCUT2D eigenvalue weighted by atomic mass is 9.85. The highest BCUT2D eigenvalue weighted by molar-refractivity contribution is 6.09. The first kappa shape index (κ1) is 37.0. The number of aromatic nitrogens is 4. The largest absolute Gasteiger partial charge is 0.497 e. The summed E-state index contributed by atoms with van der Waals surface area (Å²) in [6, 6.07) is 29.9. The zero-order chi connectivity index (χ0) is 38.1. The summed E-state index contributed by atoms with van der Waals surface area (Å²) in [5.41, 5.74) is 10.8. The maximum absolute atomic E-state index is 6.77. The first-order valence-corrected chi connectivity index (χ1v) is 19.5. The van der Waals surface area contributed by atoms with Gasteiger partial charge in [-0.25, -0.2) is 9.67 Å². The van der Waals surface area contributed by atoms with E-state index >= 15 is 0 Å². The predicted octanol–water partition coefficient (Wildman–Crippen LogP) is 12.6. The van der Waals surface area contributed by atoms with Gasteiger partial charge in [0.1, 0.15) is 23.1 Å². The van der Waals surface area contributed by atoms with Crippen molar-refractivity contribution < 1.29 is 9.47 Å². The molecule has 0 bridgehead atoms. The molecule has 0 spiro atoms. The molecule has 3 heterocycles. The third kappa shape index (κ3) is 7.52. The van der Waals surface area contributed by atoms with Crippen LogP contribution in [0.15, 0.2) is 104 Å². The Balaban J connectivity index is 1.31. The summed E-state index contributed by atoms with van der Waals surface area (Å²) in [5, 5.41) is 7.29. The molecule has 0 saturated carbocycles. The van der Waals surface area contributed by atoms with Crippen molar-refractivity contribution >= 4 is 21.8 Å². The Morgan fingerprint density at radius 2 is 1.44 bits per heavy atom. The minimum atomic E-state index is -0.109. The molecular formula is C48H54N4O2. The number of rotatable bonds is 12. The van der Waals surface area contributed by atoms with Gasteiger partial charge in [0.2, 0.25) is 0 Å². The Morgan fingerprint density at radius 1 is 0.741 bits per heavy atom. The lowest BCUT2D eigenvalue weighted by Crippen LogP contribution is -2.12. The van der Waals surface area contributed by atoms with Crippen LogP contribution in [-0.4, -0.2) is 26.4 Å². The highest BCUT2D eigenvalue weighted by Gasteiger charge is 2.21. The van der Waals surface area contributed by atoms with Crippen LogP contribution < -0.4 is 9.47 Å². The molecule has 7 aromatic rings. The molecule has 0 saturated heterocycles. The maximum atomic E-state index is 6.77. The smallest absolute Gasteiger partial charge is 0.141 e. The fourth-order valence-corrected chi connectivity index (χ4v) is 7.52. The molecule has 4 aromatic carbocycles. The van der Waals surface area contributed by atoms with E-state index in [-0.39, 0.29) is 5.41 Å². The van der Waals surface area contributed by atoms with Crippen LogP contribution in [0.4, 0.5) is 0 Å². The van der Waals surface area contributed by atoms with Crippen molar-refractivity contribution in [1.29, 1.82) is 0 Å². The summed E-state index contributed by atoms with van der Waals surface area (Å²) in [6.07, 6.45) is 10.5. The highest BCUT2D eigenvalue weighted by atomic mass is 16.5. The van der Waals surface area contributed by atoms with Crippen molar-refractivity contribution in [3.8, 4) is 39.9 Å². The zero-order valence-electron chi connectivity index (χ0n) is 33.4. The normalized spacial score (nSPS) is 13.1. The van der Waals surface area contributed by atoms with Crippen LogP contribution in [0.3, 0.4) is 0 Å². The molecule has 3 aromatic heterocycles. The van der Waals surface area contributed by atoms with Gasteiger partial charge in [0.05, 0.1) is 30.0 Å². The number of ether oxygens (including phenoxy) is 2. The van der Waals surface area contributed by atoms with Crippen LogP contribution in [0.25, 0.3) is 44.4 Å². The first-order chi connectivity index (χ1) is 25.9. The summed E-state index contributed by atoms with van der Waals surface area (Å²) in [7, 11) is 1.68. The third-order valence-corrected chi connectivity index (χ3v) is 10.9. The molecule has 7 rings (SSSR count). The second-order valence-corrected chi connectivity index (χ2v) is 16.2. The standard InChI is InChI=1S/C48H54N4O2/c1-10-31(3)20-34-22-33(5)23-35(21-32(4)11-2)47(34)36-29-50-51(30-36)38-24-37(48(6,7)8)25-41(26-38)54-40-16-17-43-42-14-12-13-15-44(42)52(45(43)27-40)46-28-39(53-9)18-19-49-46/h12-19,22-32H,10-11,20-21H2,1-9H3. The van der Waals surface area contributed by atoms with Crippen LogP contribution in [0.1, 0.15) is 83.6 Å². The van der Waals surface area contributed by atoms with Gasteiger partial charge in [0, 0.05) is 46.9 Å². The molecule has 0 aliphatic carbocycles. The zero-order valence-corrected chi connectivity index (χ0v) is 33.4. The van der Waals surface area contributed by atoms with Gasteiger partial charge < -0.3 is 9.47 Å². The van der Waals surface area contributed by atoms with Crippen LogP contribution in [0, 0.1) is 18.8 Å². The number of benzene rings is 4. The van der Waals surface area contributed by atoms with Crippen molar-refractivity contribution in [2.45, 2.75) is 86.5 Å². The Hall–Kier alpha value is -5.36. The summed E-state index contributed by atoms with van der Waals surface area (Å²) in [5.74, 6) is 4.27. The monoisotopic (exact) mass is 718 g/mol. The fourth-order valence-electron chi connectivity index (χ4n) is 7.52. The molecule has 0 radical (unpaired) electrons. The Kier molecular flexibility index (Phi) is 10.4. The fraction of sp³-hybridized carbons (Fsp3) is 0.333. The third-order valence-electron chi connectivity index (χ3n) is 10.9. The van der Waals surface area contributed by atoms with Gasteiger partial charge in [-0.05, 0) is 95.7 Å². The van der Waals surface area contributed by atoms with E-state index in [0.29, 0.717) is 11.8 Å². The second-order valence-electron chi connectivity index (χ2n) is 16.2. The minimum Gasteiger partial charge on any atom is -0.497 e. The number of hydrogen-bond acceptors (Lipinski definition) is 4. The van der Waals surface area contributed by atoms with Crippen molar-refractivity contribution in [2.75, 3.05) is 7.11 Å². The van der Waals surface area contributed by atoms with E-state index < -0.39 is 0 Å². The van der Waals surface area contributed by atoms with Gasteiger partial charge >= 0.3 is 0 Å². The number of para-hydroxylation sites is 1. The topological polar surface area (TPSA) is 54.1 Å². The van der Waals surface area contributed by atoms with Gasteiger partial charge in [0.15, 0.2) is 0 Å². The molecule has 278 valence electrons. The summed E-state index contributed by atoms with van der Waals surface area (Å²) in [4.78, 5) is 4.74. The molecule has 54 heavy (non-hydrogen) atoms. The van der Waals surface area contributed by atoms with Crippen LogP contribution >= 0.6 is 0 Å². The number of hydrogen-bond donors (Lipinski definition) is 0. The average Bonchev–Trinajstić information content (AvgIpc) is 3.77. The molecule has 0 N–H and O–H groups in total. The first-order valence-electron chi connectivity index (χ1n) is 19.5. The quantitative estimate of drug-likeness (QED) is 0.126. The molecule has 0 amide bonds. The number of fused-ring (bicyclic) bond motifs is 3. The Bertz CT molecular complexity index is 2400. The number of pyridine rings is 1. The van der Waals surface area contributed by atoms with Crippen molar-refractivity contribution in [3.05, 3.63) is 126 Å². The molecule has 6 heteroatoms. The van der Waals surface area contributed by atoms with Gasteiger partial charge in [-0.15, -0.1) is 0 Å². The van der Waals surface area contributed by atoms with E-state index in [0.717, 1.165) is 76.2 Å². The van der Waals surface area contributed by atoms with E-state index in [1.165, 1.54) is 33.4 Å². The van der Waals surface area contributed by atoms with E-state index in [1.54, 1.807) is 13.3 Å². The minimum absolute atomic E-state index is 0.109.